The maximum absolute atomic E-state index is 11.7. The molecule has 0 bridgehead atoms. The van der Waals surface area contributed by atoms with Crippen LogP contribution in [-0.2, 0) is 19.1 Å². The fourth-order valence-electron chi connectivity index (χ4n) is 3.45. The van der Waals surface area contributed by atoms with Crippen LogP contribution in [0.15, 0.2) is 12.2 Å². The van der Waals surface area contributed by atoms with Gasteiger partial charge in [0.15, 0.2) is 6.10 Å². The number of unbranched alkanes of at least 4 members (excludes halogenated alkanes) is 14. The Labute approximate surface area is 191 Å². The molecule has 0 rings (SSSR count). The van der Waals surface area contributed by atoms with Gasteiger partial charge in [-0.2, -0.15) is 0 Å². The van der Waals surface area contributed by atoms with Crippen molar-refractivity contribution < 1.29 is 24.2 Å². The monoisotopic (exact) mass is 440 g/mol. The highest BCUT2D eigenvalue weighted by atomic mass is 16.6. The standard InChI is InChI=1S/C26H48O5/c1-3-4-5-6-7-8-9-10-11-12-13-14-15-16-17-18-19-20-21-26(29)31-25(22-27)23-30-24(2)28/h11-12,25,27H,3-10,13-23H2,1-2H3/b12-11-. The molecule has 0 saturated heterocycles. The zero-order valence-corrected chi connectivity index (χ0v) is 20.2. The van der Waals surface area contributed by atoms with E-state index in [0.717, 1.165) is 19.3 Å². The Kier molecular flexibility index (Phi) is 22.3. The van der Waals surface area contributed by atoms with E-state index in [0.29, 0.717) is 6.42 Å². The van der Waals surface area contributed by atoms with Crippen molar-refractivity contribution in [3.05, 3.63) is 12.2 Å². The van der Waals surface area contributed by atoms with E-state index in [1.807, 2.05) is 0 Å². The van der Waals surface area contributed by atoms with Gasteiger partial charge in [0.25, 0.3) is 0 Å². The molecule has 5 heteroatoms. The fraction of sp³-hybridized carbons (Fsp3) is 0.846. The zero-order chi connectivity index (χ0) is 23.0. The van der Waals surface area contributed by atoms with Crippen LogP contribution in [0.1, 0.15) is 123 Å². The predicted molar refractivity (Wildman–Crippen MR) is 127 cm³/mol. The molecule has 0 aliphatic heterocycles. The molecule has 0 saturated carbocycles. The molecule has 0 aromatic heterocycles. The molecule has 0 spiro atoms. The van der Waals surface area contributed by atoms with Crippen LogP contribution in [0.2, 0.25) is 0 Å². The van der Waals surface area contributed by atoms with Crippen LogP contribution in [0.3, 0.4) is 0 Å². The van der Waals surface area contributed by atoms with Crippen LogP contribution in [0.5, 0.6) is 0 Å². The van der Waals surface area contributed by atoms with Gasteiger partial charge in [-0.3, -0.25) is 9.59 Å². The van der Waals surface area contributed by atoms with Crippen molar-refractivity contribution in [2.45, 2.75) is 129 Å². The molecular weight excluding hydrogens is 392 g/mol. The van der Waals surface area contributed by atoms with Gasteiger partial charge in [-0.05, 0) is 32.1 Å². The Balaban J connectivity index is 3.37. The number of ether oxygens (including phenoxy) is 2. The minimum absolute atomic E-state index is 0.0914. The van der Waals surface area contributed by atoms with Crippen LogP contribution in [-0.4, -0.2) is 36.4 Å². The molecule has 0 aliphatic rings. The highest BCUT2D eigenvalue weighted by Gasteiger charge is 2.14. The van der Waals surface area contributed by atoms with E-state index >= 15 is 0 Å². The molecule has 0 fully saturated rings. The number of esters is 2. The summed E-state index contributed by atoms with van der Waals surface area (Å²) in [6.45, 7) is 3.12. The predicted octanol–water partition coefficient (Wildman–Crippen LogP) is 6.66. The molecule has 1 unspecified atom stereocenters. The maximum Gasteiger partial charge on any atom is 0.306 e. The van der Waals surface area contributed by atoms with Gasteiger partial charge in [0.2, 0.25) is 0 Å². The van der Waals surface area contributed by atoms with Crippen LogP contribution in [0.25, 0.3) is 0 Å². The van der Waals surface area contributed by atoms with E-state index < -0.39 is 12.1 Å². The number of rotatable bonds is 22. The summed E-state index contributed by atoms with van der Waals surface area (Å²) in [6, 6.07) is 0. The zero-order valence-electron chi connectivity index (χ0n) is 20.2. The third-order valence-corrected chi connectivity index (χ3v) is 5.37. The lowest BCUT2D eigenvalue weighted by Gasteiger charge is -2.15. The van der Waals surface area contributed by atoms with E-state index in [9.17, 15) is 9.59 Å². The van der Waals surface area contributed by atoms with Gasteiger partial charge in [-0.15, -0.1) is 0 Å². The number of carbonyl (C=O) groups excluding carboxylic acids is 2. The van der Waals surface area contributed by atoms with Crippen LogP contribution in [0.4, 0.5) is 0 Å². The first-order valence-corrected chi connectivity index (χ1v) is 12.7. The Morgan fingerprint density at radius 1 is 0.774 bits per heavy atom. The summed E-state index contributed by atoms with van der Waals surface area (Å²) in [5.74, 6) is -0.788. The van der Waals surface area contributed by atoms with Gasteiger partial charge in [-0.1, -0.05) is 89.7 Å². The fourth-order valence-corrected chi connectivity index (χ4v) is 3.45. The van der Waals surface area contributed by atoms with Crippen molar-refractivity contribution >= 4 is 11.9 Å². The highest BCUT2D eigenvalue weighted by molar-refractivity contribution is 5.69. The largest absolute Gasteiger partial charge is 0.462 e. The first-order chi connectivity index (χ1) is 15.1. The lowest BCUT2D eigenvalue weighted by Crippen LogP contribution is -2.28. The molecule has 182 valence electrons. The summed E-state index contributed by atoms with van der Waals surface area (Å²) in [7, 11) is 0. The van der Waals surface area contributed by atoms with Crippen LogP contribution in [0, 0.1) is 0 Å². The van der Waals surface area contributed by atoms with Crippen molar-refractivity contribution in [1.29, 1.82) is 0 Å². The number of hydrogen-bond donors (Lipinski definition) is 1. The lowest BCUT2D eigenvalue weighted by atomic mass is 10.1. The van der Waals surface area contributed by atoms with E-state index in [1.165, 1.54) is 90.4 Å². The van der Waals surface area contributed by atoms with E-state index in [2.05, 4.69) is 19.1 Å². The van der Waals surface area contributed by atoms with Crippen LogP contribution < -0.4 is 0 Å². The van der Waals surface area contributed by atoms with Gasteiger partial charge < -0.3 is 14.6 Å². The normalized spacial score (nSPS) is 12.2. The summed E-state index contributed by atoms with van der Waals surface area (Å²) < 4.78 is 9.87. The Bertz CT molecular complexity index is 447. The molecule has 1 atom stereocenters. The maximum atomic E-state index is 11.7. The number of hydrogen-bond acceptors (Lipinski definition) is 5. The molecule has 0 amide bonds. The van der Waals surface area contributed by atoms with Gasteiger partial charge >= 0.3 is 11.9 Å². The highest BCUT2D eigenvalue weighted by Crippen LogP contribution is 2.12. The molecule has 0 aliphatic carbocycles. The lowest BCUT2D eigenvalue weighted by molar-refractivity contribution is -0.160. The van der Waals surface area contributed by atoms with Gasteiger partial charge in [0.1, 0.15) is 6.61 Å². The molecular formula is C26H48O5. The summed E-state index contributed by atoms with van der Waals surface area (Å²) in [4.78, 5) is 22.5. The van der Waals surface area contributed by atoms with Gasteiger partial charge in [-0.25, -0.2) is 0 Å². The second-order valence-corrected chi connectivity index (χ2v) is 8.49. The molecule has 0 aromatic carbocycles. The Morgan fingerprint density at radius 3 is 1.74 bits per heavy atom. The first-order valence-electron chi connectivity index (χ1n) is 12.7. The number of aliphatic hydroxyl groups excluding tert-OH is 1. The second-order valence-electron chi connectivity index (χ2n) is 8.49. The van der Waals surface area contributed by atoms with Crippen molar-refractivity contribution in [2.24, 2.45) is 0 Å². The average Bonchev–Trinajstić information content (AvgIpc) is 2.75. The second kappa shape index (κ2) is 23.3. The minimum Gasteiger partial charge on any atom is -0.462 e. The third-order valence-electron chi connectivity index (χ3n) is 5.37. The van der Waals surface area contributed by atoms with Gasteiger partial charge in [0, 0.05) is 13.3 Å². The SMILES string of the molecule is CCCCCCCCC/C=C\CCCCCCCCCC(=O)OC(CO)COC(C)=O. The molecule has 0 heterocycles. The van der Waals surface area contributed by atoms with Crippen molar-refractivity contribution in [2.75, 3.05) is 13.2 Å². The van der Waals surface area contributed by atoms with E-state index in [-0.39, 0.29) is 19.2 Å². The Hall–Kier alpha value is -1.36. The van der Waals surface area contributed by atoms with E-state index in [1.54, 1.807) is 0 Å². The molecule has 5 nitrogen and oxygen atoms in total. The smallest absolute Gasteiger partial charge is 0.306 e. The average molecular weight is 441 g/mol. The Morgan fingerprint density at radius 2 is 1.26 bits per heavy atom. The number of carbonyl (C=O) groups is 2. The summed E-state index contributed by atoms with van der Waals surface area (Å²) in [5, 5.41) is 9.14. The van der Waals surface area contributed by atoms with E-state index in [4.69, 9.17) is 14.6 Å². The van der Waals surface area contributed by atoms with Crippen molar-refractivity contribution in [3.63, 3.8) is 0 Å². The molecule has 31 heavy (non-hydrogen) atoms. The van der Waals surface area contributed by atoms with Crippen LogP contribution >= 0.6 is 0 Å². The minimum atomic E-state index is -0.763. The molecule has 0 radical (unpaired) electrons. The van der Waals surface area contributed by atoms with Crippen molar-refractivity contribution in [3.8, 4) is 0 Å². The topological polar surface area (TPSA) is 72.8 Å². The molecule has 1 N–H and O–H groups in total. The van der Waals surface area contributed by atoms with Gasteiger partial charge in [0.05, 0.1) is 6.61 Å². The first kappa shape index (κ1) is 29.6. The number of aliphatic hydroxyl groups is 1. The quantitative estimate of drug-likeness (QED) is 0.116. The summed E-state index contributed by atoms with van der Waals surface area (Å²) >= 11 is 0. The number of allylic oxidation sites excluding steroid dienone is 2. The van der Waals surface area contributed by atoms with Crippen molar-refractivity contribution in [1.82, 2.24) is 0 Å². The summed E-state index contributed by atoms with van der Waals surface area (Å²) in [5.41, 5.74) is 0. The summed E-state index contributed by atoms with van der Waals surface area (Å²) in [6.07, 6.45) is 24.3. The third kappa shape index (κ3) is 23.1. The molecule has 0 aromatic rings.